The zero-order valence-corrected chi connectivity index (χ0v) is 15.4. The number of nitrogens with zero attached hydrogens (tertiary/aromatic N) is 1. The maximum Gasteiger partial charge on any atom is 0.228 e. The molecule has 1 aliphatic rings. The minimum absolute atomic E-state index is 0.0288. The number of amides is 1. The first-order chi connectivity index (χ1) is 12.2. The predicted molar refractivity (Wildman–Crippen MR) is 104 cm³/mol. The molecule has 0 spiro atoms. The van der Waals surface area contributed by atoms with Gasteiger partial charge >= 0.3 is 0 Å². The van der Waals surface area contributed by atoms with Crippen molar-refractivity contribution in [3.05, 3.63) is 64.7 Å². The van der Waals surface area contributed by atoms with E-state index in [9.17, 15) is 4.79 Å². The molecule has 4 heteroatoms. The van der Waals surface area contributed by atoms with Crippen LogP contribution in [0.5, 0.6) is 0 Å². The van der Waals surface area contributed by atoms with E-state index in [1.807, 2.05) is 36.4 Å². The number of rotatable bonds is 5. The van der Waals surface area contributed by atoms with E-state index in [2.05, 4.69) is 29.3 Å². The Labute approximate surface area is 155 Å². The van der Waals surface area contributed by atoms with Gasteiger partial charge in [0.05, 0.1) is 5.92 Å². The number of aryl methyl sites for hydroxylation is 1. The molecule has 0 aromatic heterocycles. The summed E-state index contributed by atoms with van der Waals surface area (Å²) in [5.41, 5.74) is 3.25. The molecule has 132 valence electrons. The molecule has 25 heavy (non-hydrogen) atoms. The topological polar surface area (TPSA) is 32.3 Å². The second-order valence-corrected chi connectivity index (χ2v) is 7.07. The Morgan fingerprint density at radius 1 is 1.16 bits per heavy atom. The molecule has 0 unspecified atom stereocenters. The lowest BCUT2D eigenvalue weighted by Gasteiger charge is -2.32. The van der Waals surface area contributed by atoms with Gasteiger partial charge in [0, 0.05) is 23.8 Å². The van der Waals surface area contributed by atoms with Gasteiger partial charge in [0.25, 0.3) is 0 Å². The molecule has 0 aliphatic carbocycles. The molecule has 2 aromatic rings. The quantitative estimate of drug-likeness (QED) is 0.838. The number of hydrogen-bond donors (Lipinski definition) is 1. The summed E-state index contributed by atoms with van der Waals surface area (Å²) in [4.78, 5) is 15.1. The number of anilines is 1. The Bertz CT molecular complexity index is 731. The zero-order valence-electron chi connectivity index (χ0n) is 14.7. The summed E-state index contributed by atoms with van der Waals surface area (Å²) >= 11 is 6.28. The van der Waals surface area contributed by atoms with Crippen molar-refractivity contribution in [2.24, 2.45) is 5.92 Å². The standard InChI is InChI=1S/C21H25ClN2O/c1-2-16-8-4-6-12-20(16)23-21(25)18-10-7-13-24(15-18)14-17-9-3-5-11-19(17)22/h3-6,8-9,11-12,18H,2,7,10,13-15H2,1H3,(H,23,25)/t18-/m1/s1. The van der Waals surface area contributed by atoms with Gasteiger partial charge in [0.15, 0.2) is 0 Å². The van der Waals surface area contributed by atoms with Crippen LogP contribution in [0.15, 0.2) is 48.5 Å². The number of hydrogen-bond acceptors (Lipinski definition) is 2. The second-order valence-electron chi connectivity index (χ2n) is 6.67. The number of para-hydroxylation sites is 1. The molecule has 1 amide bonds. The average Bonchev–Trinajstić information content (AvgIpc) is 2.64. The first kappa shape index (κ1) is 18.0. The van der Waals surface area contributed by atoms with Crippen molar-refractivity contribution in [1.29, 1.82) is 0 Å². The number of nitrogens with one attached hydrogen (secondary N) is 1. The monoisotopic (exact) mass is 356 g/mol. The van der Waals surface area contributed by atoms with Gasteiger partial charge in [-0.1, -0.05) is 54.9 Å². The lowest BCUT2D eigenvalue weighted by Crippen LogP contribution is -2.40. The van der Waals surface area contributed by atoms with Crippen LogP contribution in [-0.2, 0) is 17.8 Å². The molecule has 0 saturated carbocycles. The van der Waals surface area contributed by atoms with Crippen molar-refractivity contribution in [2.45, 2.75) is 32.7 Å². The van der Waals surface area contributed by atoms with Crippen molar-refractivity contribution < 1.29 is 4.79 Å². The summed E-state index contributed by atoms with van der Waals surface area (Å²) in [7, 11) is 0. The van der Waals surface area contributed by atoms with Crippen molar-refractivity contribution in [3.63, 3.8) is 0 Å². The molecule has 3 nitrogen and oxygen atoms in total. The highest BCUT2D eigenvalue weighted by Crippen LogP contribution is 2.24. The molecule has 1 fully saturated rings. The van der Waals surface area contributed by atoms with Gasteiger partial charge in [-0.2, -0.15) is 0 Å². The van der Waals surface area contributed by atoms with Crippen LogP contribution in [0.2, 0.25) is 5.02 Å². The third kappa shape index (κ3) is 4.62. The van der Waals surface area contributed by atoms with Crippen LogP contribution in [-0.4, -0.2) is 23.9 Å². The second kappa shape index (κ2) is 8.50. The molecule has 1 aliphatic heterocycles. The van der Waals surface area contributed by atoms with Crippen LogP contribution in [0.3, 0.4) is 0 Å². The van der Waals surface area contributed by atoms with E-state index in [-0.39, 0.29) is 11.8 Å². The fourth-order valence-corrected chi connectivity index (χ4v) is 3.66. The van der Waals surface area contributed by atoms with E-state index < -0.39 is 0 Å². The fourth-order valence-electron chi connectivity index (χ4n) is 3.47. The summed E-state index contributed by atoms with van der Waals surface area (Å²) < 4.78 is 0. The molecule has 2 aromatic carbocycles. The average molecular weight is 357 g/mol. The number of piperidine rings is 1. The van der Waals surface area contributed by atoms with E-state index in [0.29, 0.717) is 0 Å². The first-order valence-corrected chi connectivity index (χ1v) is 9.39. The number of benzene rings is 2. The SMILES string of the molecule is CCc1ccccc1NC(=O)[C@@H]1CCCN(Cc2ccccc2Cl)C1. The maximum absolute atomic E-state index is 12.7. The highest BCUT2D eigenvalue weighted by atomic mass is 35.5. The van der Waals surface area contributed by atoms with Crippen LogP contribution in [0.1, 0.15) is 30.9 Å². The molecule has 3 rings (SSSR count). The molecular weight excluding hydrogens is 332 g/mol. The lowest BCUT2D eigenvalue weighted by molar-refractivity contribution is -0.121. The molecule has 1 atom stereocenters. The summed E-state index contributed by atoms with van der Waals surface area (Å²) in [6, 6.07) is 16.0. The number of halogens is 1. The number of likely N-dealkylation sites (tertiary alicyclic amines) is 1. The minimum Gasteiger partial charge on any atom is -0.326 e. The largest absolute Gasteiger partial charge is 0.326 e. The lowest BCUT2D eigenvalue weighted by atomic mass is 9.96. The van der Waals surface area contributed by atoms with Crippen LogP contribution in [0, 0.1) is 5.92 Å². The van der Waals surface area contributed by atoms with E-state index in [1.165, 1.54) is 5.56 Å². The van der Waals surface area contributed by atoms with Crippen molar-refractivity contribution >= 4 is 23.2 Å². The number of carbonyl (C=O) groups is 1. The third-order valence-corrected chi connectivity index (χ3v) is 5.25. The smallest absolute Gasteiger partial charge is 0.228 e. The van der Waals surface area contributed by atoms with Gasteiger partial charge in [-0.15, -0.1) is 0 Å². The number of carbonyl (C=O) groups excluding carboxylic acids is 1. The van der Waals surface area contributed by atoms with Gasteiger partial charge in [0.1, 0.15) is 0 Å². The fraction of sp³-hybridized carbons (Fsp3) is 0.381. The van der Waals surface area contributed by atoms with Crippen LogP contribution < -0.4 is 5.32 Å². The molecule has 0 radical (unpaired) electrons. The van der Waals surface area contributed by atoms with Gasteiger partial charge in [-0.25, -0.2) is 0 Å². The van der Waals surface area contributed by atoms with Gasteiger partial charge in [-0.3, -0.25) is 9.69 Å². The first-order valence-electron chi connectivity index (χ1n) is 9.02. The van der Waals surface area contributed by atoms with E-state index in [0.717, 1.165) is 55.2 Å². The van der Waals surface area contributed by atoms with E-state index in [4.69, 9.17) is 11.6 Å². The molecule has 0 bridgehead atoms. The zero-order chi connectivity index (χ0) is 17.6. The molecular formula is C21H25ClN2O. The Morgan fingerprint density at radius 3 is 2.64 bits per heavy atom. The van der Waals surface area contributed by atoms with Crippen LogP contribution >= 0.6 is 11.6 Å². The molecule has 1 N–H and O–H groups in total. The van der Waals surface area contributed by atoms with Gasteiger partial charge in [0.2, 0.25) is 5.91 Å². The van der Waals surface area contributed by atoms with Crippen LogP contribution in [0.4, 0.5) is 5.69 Å². The third-order valence-electron chi connectivity index (χ3n) is 4.88. The van der Waals surface area contributed by atoms with Crippen molar-refractivity contribution in [2.75, 3.05) is 18.4 Å². The maximum atomic E-state index is 12.7. The summed E-state index contributed by atoms with van der Waals surface area (Å²) in [6.45, 7) is 4.71. The highest BCUT2D eigenvalue weighted by Gasteiger charge is 2.26. The van der Waals surface area contributed by atoms with Crippen molar-refractivity contribution in [3.8, 4) is 0 Å². The van der Waals surface area contributed by atoms with E-state index >= 15 is 0 Å². The van der Waals surface area contributed by atoms with E-state index in [1.54, 1.807) is 0 Å². The summed E-state index contributed by atoms with van der Waals surface area (Å²) in [5.74, 6) is 0.158. The normalized spacial score (nSPS) is 18.1. The van der Waals surface area contributed by atoms with Gasteiger partial charge < -0.3 is 5.32 Å². The molecule has 1 heterocycles. The van der Waals surface area contributed by atoms with Gasteiger partial charge in [-0.05, 0) is 49.1 Å². The predicted octanol–water partition coefficient (Wildman–Crippen LogP) is 4.75. The highest BCUT2D eigenvalue weighted by molar-refractivity contribution is 6.31. The summed E-state index contributed by atoms with van der Waals surface area (Å²) in [5, 5.41) is 3.93. The Kier molecular flexibility index (Phi) is 6.11. The van der Waals surface area contributed by atoms with Crippen molar-refractivity contribution in [1.82, 2.24) is 4.90 Å². The summed E-state index contributed by atoms with van der Waals surface area (Å²) in [6.07, 6.45) is 2.90. The Morgan fingerprint density at radius 2 is 1.88 bits per heavy atom. The molecule has 1 saturated heterocycles. The minimum atomic E-state index is 0.0288. The Hall–Kier alpha value is -1.84. The Balaban J connectivity index is 1.63. The van der Waals surface area contributed by atoms with Crippen LogP contribution in [0.25, 0.3) is 0 Å².